The van der Waals surface area contributed by atoms with Crippen molar-refractivity contribution in [3.05, 3.63) is 22.1 Å². The lowest BCUT2D eigenvalue weighted by Crippen LogP contribution is -2.29. The number of ether oxygens (including phenoxy) is 1. The molecule has 0 bridgehead atoms. The normalized spacial score (nSPS) is 11.4. The number of thioether (sulfide) groups is 1. The molecule has 0 aliphatic rings. The maximum Gasteiger partial charge on any atom is 0.278 e. The van der Waals surface area contributed by atoms with Crippen molar-refractivity contribution >= 4 is 28.7 Å². The summed E-state index contributed by atoms with van der Waals surface area (Å²) in [5, 5.41) is 3.34. The number of carbonyl (C=O) groups excluding carboxylic acids is 1. The van der Waals surface area contributed by atoms with Crippen molar-refractivity contribution in [3.63, 3.8) is 0 Å². The minimum Gasteiger partial charge on any atom is -0.383 e. The minimum absolute atomic E-state index is 0.0934. The van der Waals surface area contributed by atoms with E-state index in [9.17, 15) is 9.59 Å². The van der Waals surface area contributed by atoms with Crippen molar-refractivity contribution < 1.29 is 9.53 Å². The second kappa shape index (κ2) is 8.34. The zero-order valence-electron chi connectivity index (χ0n) is 14.5. The van der Waals surface area contributed by atoms with Crippen LogP contribution in [0.25, 0.3) is 11.0 Å². The highest BCUT2D eigenvalue weighted by molar-refractivity contribution is 7.99. The molecular weight excluding hydrogens is 328 g/mol. The van der Waals surface area contributed by atoms with Gasteiger partial charge in [-0.05, 0) is 18.9 Å². The Hall–Kier alpha value is -1.80. The molecule has 0 saturated heterocycles. The molecule has 0 fully saturated rings. The zero-order chi connectivity index (χ0) is 17.7. The third kappa shape index (κ3) is 4.61. The predicted octanol–water partition coefficient (Wildman–Crippen LogP) is 1.54. The number of aryl methyl sites for hydroxylation is 1. The maximum atomic E-state index is 12.7. The molecule has 2 N–H and O–H groups in total. The Kier molecular flexibility index (Phi) is 6.44. The summed E-state index contributed by atoms with van der Waals surface area (Å²) in [5.74, 6) is 0.406. The van der Waals surface area contributed by atoms with Gasteiger partial charge in [-0.3, -0.25) is 14.2 Å². The molecule has 0 atom stereocenters. The monoisotopic (exact) mass is 352 g/mol. The molecule has 0 aliphatic carbocycles. The van der Waals surface area contributed by atoms with Gasteiger partial charge in [-0.2, -0.15) is 0 Å². The van der Waals surface area contributed by atoms with Crippen molar-refractivity contribution in [2.45, 2.75) is 32.5 Å². The fraction of sp³-hybridized carbons (Fsp3) is 0.562. The largest absolute Gasteiger partial charge is 0.383 e. The van der Waals surface area contributed by atoms with Gasteiger partial charge in [0.1, 0.15) is 5.52 Å². The van der Waals surface area contributed by atoms with E-state index in [4.69, 9.17) is 4.74 Å². The Morgan fingerprint density at radius 3 is 2.92 bits per heavy atom. The Balaban J connectivity index is 2.23. The van der Waals surface area contributed by atoms with Gasteiger partial charge >= 0.3 is 0 Å². The molecule has 0 radical (unpaired) electrons. The molecule has 2 aromatic heterocycles. The molecule has 2 aromatic rings. The molecular formula is C16H24N4O3S. The fourth-order valence-corrected chi connectivity index (χ4v) is 3.16. The van der Waals surface area contributed by atoms with Gasteiger partial charge in [0.15, 0.2) is 5.16 Å². The summed E-state index contributed by atoms with van der Waals surface area (Å²) in [7, 11) is 1.59. The molecule has 0 aromatic carbocycles. The quantitative estimate of drug-likeness (QED) is 0.427. The van der Waals surface area contributed by atoms with Crippen molar-refractivity contribution in [3.8, 4) is 0 Å². The number of aromatic nitrogens is 3. The van der Waals surface area contributed by atoms with Crippen molar-refractivity contribution in [2.24, 2.45) is 5.92 Å². The molecule has 2 rings (SSSR count). The summed E-state index contributed by atoms with van der Waals surface area (Å²) in [6.45, 7) is 7.49. The standard InChI is InChI=1S/C16H24N4O3S/c1-10(2)8-20-15(22)14-12(7-11(3)18-14)19-16(20)24-9-13(21)17-5-6-23-4/h7,10,18H,5-6,8-9H2,1-4H3,(H,17,21). The maximum absolute atomic E-state index is 12.7. The molecule has 0 spiro atoms. The first-order valence-corrected chi connectivity index (χ1v) is 8.89. The summed E-state index contributed by atoms with van der Waals surface area (Å²) in [6, 6.07) is 1.85. The second-order valence-corrected chi connectivity index (χ2v) is 6.99. The van der Waals surface area contributed by atoms with Crippen LogP contribution in [0, 0.1) is 12.8 Å². The molecule has 2 heterocycles. The van der Waals surface area contributed by atoms with Gasteiger partial charge in [0.25, 0.3) is 5.56 Å². The Morgan fingerprint density at radius 2 is 2.25 bits per heavy atom. The summed E-state index contributed by atoms with van der Waals surface area (Å²) in [5.41, 5.74) is 1.95. The summed E-state index contributed by atoms with van der Waals surface area (Å²) >= 11 is 1.28. The van der Waals surface area contributed by atoms with Gasteiger partial charge in [0, 0.05) is 25.9 Å². The first-order chi connectivity index (χ1) is 11.4. The summed E-state index contributed by atoms with van der Waals surface area (Å²) < 4.78 is 6.55. The van der Waals surface area contributed by atoms with E-state index in [1.165, 1.54) is 11.8 Å². The van der Waals surface area contributed by atoms with Gasteiger partial charge in [-0.1, -0.05) is 25.6 Å². The van der Waals surface area contributed by atoms with E-state index in [-0.39, 0.29) is 17.2 Å². The first kappa shape index (κ1) is 18.5. The van der Waals surface area contributed by atoms with Gasteiger partial charge in [-0.25, -0.2) is 4.98 Å². The van der Waals surface area contributed by atoms with E-state index in [0.29, 0.717) is 41.8 Å². The third-order valence-corrected chi connectivity index (χ3v) is 4.32. The van der Waals surface area contributed by atoms with E-state index < -0.39 is 0 Å². The van der Waals surface area contributed by atoms with Gasteiger partial charge in [0.2, 0.25) is 5.91 Å². The van der Waals surface area contributed by atoms with Crippen molar-refractivity contribution in [2.75, 3.05) is 26.0 Å². The number of hydrogen-bond acceptors (Lipinski definition) is 5. The summed E-state index contributed by atoms with van der Waals surface area (Å²) in [6.07, 6.45) is 0. The molecule has 132 valence electrons. The summed E-state index contributed by atoms with van der Waals surface area (Å²) in [4.78, 5) is 32.2. The number of aromatic amines is 1. The second-order valence-electron chi connectivity index (χ2n) is 6.05. The van der Waals surface area contributed by atoms with Crippen LogP contribution in [0.15, 0.2) is 16.0 Å². The number of methoxy groups -OCH3 is 1. The van der Waals surface area contributed by atoms with Crippen LogP contribution >= 0.6 is 11.8 Å². The van der Waals surface area contributed by atoms with E-state index in [1.54, 1.807) is 11.7 Å². The highest BCUT2D eigenvalue weighted by Crippen LogP contribution is 2.19. The fourth-order valence-electron chi connectivity index (χ4n) is 2.32. The average molecular weight is 352 g/mol. The van der Waals surface area contributed by atoms with Crippen LogP contribution in [-0.4, -0.2) is 46.5 Å². The Morgan fingerprint density at radius 1 is 1.50 bits per heavy atom. The van der Waals surface area contributed by atoms with Crippen LogP contribution in [0.4, 0.5) is 0 Å². The molecule has 0 aliphatic heterocycles. The highest BCUT2D eigenvalue weighted by atomic mass is 32.2. The molecule has 8 heteroatoms. The van der Waals surface area contributed by atoms with Gasteiger partial charge in [0.05, 0.1) is 17.9 Å². The van der Waals surface area contributed by atoms with Crippen LogP contribution in [0.2, 0.25) is 0 Å². The number of amides is 1. The highest BCUT2D eigenvalue weighted by Gasteiger charge is 2.15. The van der Waals surface area contributed by atoms with E-state index in [0.717, 1.165) is 5.69 Å². The van der Waals surface area contributed by atoms with Crippen molar-refractivity contribution in [1.82, 2.24) is 19.9 Å². The zero-order valence-corrected chi connectivity index (χ0v) is 15.3. The molecule has 7 nitrogen and oxygen atoms in total. The number of rotatable bonds is 8. The van der Waals surface area contributed by atoms with E-state index in [2.05, 4.69) is 15.3 Å². The third-order valence-electron chi connectivity index (χ3n) is 3.35. The Labute approximate surface area is 145 Å². The van der Waals surface area contributed by atoms with Gasteiger partial charge in [-0.15, -0.1) is 0 Å². The lowest BCUT2D eigenvalue weighted by atomic mass is 10.2. The SMILES string of the molecule is COCCNC(=O)CSc1nc2cc(C)[nH]c2c(=O)n1CC(C)C. The number of fused-ring (bicyclic) bond motifs is 1. The van der Waals surface area contributed by atoms with Crippen LogP contribution in [-0.2, 0) is 16.1 Å². The predicted molar refractivity (Wildman–Crippen MR) is 95.5 cm³/mol. The van der Waals surface area contributed by atoms with E-state index in [1.807, 2.05) is 26.8 Å². The van der Waals surface area contributed by atoms with Crippen LogP contribution in [0.1, 0.15) is 19.5 Å². The average Bonchev–Trinajstić information content (AvgIpc) is 2.89. The molecule has 0 saturated carbocycles. The number of carbonyl (C=O) groups is 1. The smallest absolute Gasteiger partial charge is 0.278 e. The number of nitrogens with one attached hydrogen (secondary N) is 2. The molecule has 24 heavy (non-hydrogen) atoms. The lowest BCUT2D eigenvalue weighted by Gasteiger charge is -2.13. The van der Waals surface area contributed by atoms with Crippen LogP contribution in [0.5, 0.6) is 0 Å². The van der Waals surface area contributed by atoms with Gasteiger partial charge < -0.3 is 15.0 Å². The molecule has 1 amide bonds. The van der Waals surface area contributed by atoms with Crippen LogP contribution < -0.4 is 10.9 Å². The number of H-pyrrole nitrogens is 1. The number of nitrogens with zero attached hydrogens (tertiary/aromatic N) is 2. The Bertz CT molecular complexity index is 767. The molecule has 0 unspecified atom stereocenters. The minimum atomic E-state index is -0.104. The van der Waals surface area contributed by atoms with Crippen molar-refractivity contribution in [1.29, 1.82) is 0 Å². The van der Waals surface area contributed by atoms with Crippen LogP contribution in [0.3, 0.4) is 0 Å². The topological polar surface area (TPSA) is 89.0 Å². The number of hydrogen-bond donors (Lipinski definition) is 2. The first-order valence-electron chi connectivity index (χ1n) is 7.91. The lowest BCUT2D eigenvalue weighted by molar-refractivity contribution is -0.118. The van der Waals surface area contributed by atoms with E-state index >= 15 is 0 Å².